The number of benzene rings is 2. The number of hydrogen-bond acceptors (Lipinski definition) is 4. The summed E-state index contributed by atoms with van der Waals surface area (Å²) in [5.41, 5.74) is 2.00. The van der Waals surface area contributed by atoms with Crippen LogP contribution in [0.2, 0.25) is 5.02 Å². The average molecular weight is 261 g/mol. The van der Waals surface area contributed by atoms with Crippen LogP contribution in [0.4, 0.5) is 11.7 Å². The van der Waals surface area contributed by atoms with Gasteiger partial charge in [0.15, 0.2) is 5.58 Å². The fraction of sp³-hybridized carbons (Fsp3) is 0. The van der Waals surface area contributed by atoms with Crippen molar-refractivity contribution < 1.29 is 9.52 Å². The Bertz CT molecular complexity index is 709. The quantitative estimate of drug-likeness (QED) is 0.733. The van der Waals surface area contributed by atoms with Gasteiger partial charge in [0.25, 0.3) is 6.01 Å². The first-order chi connectivity index (χ1) is 8.70. The molecular weight excluding hydrogens is 252 g/mol. The van der Waals surface area contributed by atoms with Crippen molar-refractivity contribution in [1.82, 2.24) is 4.98 Å². The SMILES string of the molecule is Oc1ccc2nc(Nc3cccc(Cl)c3)oc2c1. The molecule has 0 radical (unpaired) electrons. The first-order valence-electron chi connectivity index (χ1n) is 5.33. The van der Waals surface area contributed by atoms with Crippen molar-refractivity contribution in [1.29, 1.82) is 0 Å². The van der Waals surface area contributed by atoms with Crippen LogP contribution in [0.1, 0.15) is 0 Å². The van der Waals surface area contributed by atoms with Crippen LogP contribution in [0.5, 0.6) is 5.75 Å². The molecule has 1 heterocycles. The van der Waals surface area contributed by atoms with Crippen LogP contribution in [0.15, 0.2) is 46.9 Å². The van der Waals surface area contributed by atoms with Gasteiger partial charge in [0.1, 0.15) is 11.3 Å². The van der Waals surface area contributed by atoms with Gasteiger partial charge in [-0.05, 0) is 30.3 Å². The molecule has 3 aromatic rings. The second kappa shape index (κ2) is 4.23. The standard InChI is InChI=1S/C13H9ClN2O2/c14-8-2-1-3-9(6-8)15-13-16-11-5-4-10(17)7-12(11)18-13/h1-7,17H,(H,15,16). The molecule has 90 valence electrons. The van der Waals surface area contributed by atoms with E-state index in [9.17, 15) is 5.11 Å². The number of fused-ring (bicyclic) bond motifs is 1. The fourth-order valence-corrected chi connectivity index (χ4v) is 1.85. The number of nitrogens with zero attached hydrogens (tertiary/aromatic N) is 1. The molecule has 0 bridgehead atoms. The highest BCUT2D eigenvalue weighted by molar-refractivity contribution is 6.30. The maximum atomic E-state index is 9.34. The smallest absolute Gasteiger partial charge is 0.300 e. The predicted octanol–water partition coefficient (Wildman–Crippen LogP) is 3.93. The third kappa shape index (κ3) is 2.10. The topological polar surface area (TPSA) is 58.3 Å². The molecule has 3 rings (SSSR count). The van der Waals surface area contributed by atoms with Crippen molar-refractivity contribution in [2.24, 2.45) is 0 Å². The van der Waals surface area contributed by atoms with Crippen LogP contribution < -0.4 is 5.32 Å². The molecule has 0 fully saturated rings. The van der Waals surface area contributed by atoms with E-state index >= 15 is 0 Å². The van der Waals surface area contributed by atoms with E-state index in [1.807, 2.05) is 12.1 Å². The van der Waals surface area contributed by atoms with E-state index in [1.165, 1.54) is 6.07 Å². The van der Waals surface area contributed by atoms with Gasteiger partial charge < -0.3 is 14.8 Å². The summed E-state index contributed by atoms with van der Waals surface area (Å²) in [7, 11) is 0. The molecule has 0 spiro atoms. The minimum Gasteiger partial charge on any atom is -0.508 e. The Kier molecular flexibility index (Phi) is 2.57. The molecule has 0 amide bonds. The lowest BCUT2D eigenvalue weighted by molar-refractivity contribution is 0.474. The zero-order valence-corrected chi connectivity index (χ0v) is 9.98. The lowest BCUT2D eigenvalue weighted by atomic mass is 10.3. The highest BCUT2D eigenvalue weighted by Crippen LogP contribution is 2.25. The van der Waals surface area contributed by atoms with E-state index < -0.39 is 0 Å². The van der Waals surface area contributed by atoms with Gasteiger partial charge >= 0.3 is 0 Å². The highest BCUT2D eigenvalue weighted by Gasteiger charge is 2.06. The number of phenolic OH excluding ortho intramolecular Hbond substituents is 1. The van der Waals surface area contributed by atoms with Crippen LogP contribution in [-0.2, 0) is 0 Å². The zero-order chi connectivity index (χ0) is 12.5. The first-order valence-corrected chi connectivity index (χ1v) is 5.71. The van der Waals surface area contributed by atoms with E-state index in [1.54, 1.807) is 24.3 Å². The second-order valence-corrected chi connectivity index (χ2v) is 4.24. The largest absolute Gasteiger partial charge is 0.508 e. The molecule has 0 saturated heterocycles. The van der Waals surface area contributed by atoms with Gasteiger partial charge in [0.2, 0.25) is 0 Å². The molecule has 4 nitrogen and oxygen atoms in total. The zero-order valence-electron chi connectivity index (χ0n) is 9.22. The fourth-order valence-electron chi connectivity index (χ4n) is 1.66. The summed E-state index contributed by atoms with van der Waals surface area (Å²) in [5, 5.41) is 13.0. The summed E-state index contributed by atoms with van der Waals surface area (Å²) in [6.07, 6.45) is 0. The van der Waals surface area contributed by atoms with Gasteiger partial charge in [0, 0.05) is 16.8 Å². The summed E-state index contributed by atoms with van der Waals surface area (Å²) < 4.78 is 5.47. The van der Waals surface area contributed by atoms with Crippen molar-refractivity contribution in [2.75, 3.05) is 5.32 Å². The van der Waals surface area contributed by atoms with Crippen molar-refractivity contribution in [3.63, 3.8) is 0 Å². The molecule has 0 aliphatic carbocycles. The van der Waals surface area contributed by atoms with E-state index in [2.05, 4.69) is 10.3 Å². The van der Waals surface area contributed by atoms with Crippen molar-refractivity contribution in [2.45, 2.75) is 0 Å². The van der Waals surface area contributed by atoms with Crippen LogP contribution in [0, 0.1) is 0 Å². The van der Waals surface area contributed by atoms with E-state index in [0.29, 0.717) is 22.1 Å². The highest BCUT2D eigenvalue weighted by atomic mass is 35.5. The van der Waals surface area contributed by atoms with Crippen LogP contribution >= 0.6 is 11.6 Å². The normalized spacial score (nSPS) is 10.7. The number of aromatic nitrogens is 1. The van der Waals surface area contributed by atoms with Gasteiger partial charge in [-0.15, -0.1) is 0 Å². The Balaban J connectivity index is 1.95. The minimum atomic E-state index is 0.146. The Morgan fingerprint density at radius 2 is 2.06 bits per heavy atom. The summed E-state index contributed by atoms with van der Waals surface area (Å²) in [6.45, 7) is 0. The lowest BCUT2D eigenvalue weighted by Crippen LogP contribution is -1.89. The monoisotopic (exact) mass is 260 g/mol. The summed E-state index contributed by atoms with van der Waals surface area (Å²) in [4.78, 5) is 4.25. The maximum Gasteiger partial charge on any atom is 0.300 e. The summed E-state index contributed by atoms with van der Waals surface area (Å²) in [6, 6.07) is 12.4. The molecule has 0 atom stereocenters. The summed E-state index contributed by atoms with van der Waals surface area (Å²) >= 11 is 5.89. The van der Waals surface area contributed by atoms with Gasteiger partial charge in [-0.25, -0.2) is 0 Å². The number of phenols is 1. The number of aromatic hydroxyl groups is 1. The van der Waals surface area contributed by atoms with E-state index in [0.717, 1.165) is 5.69 Å². The molecule has 18 heavy (non-hydrogen) atoms. The van der Waals surface area contributed by atoms with Gasteiger partial charge in [-0.1, -0.05) is 17.7 Å². The van der Waals surface area contributed by atoms with Crippen molar-refractivity contribution in [3.05, 3.63) is 47.5 Å². The Morgan fingerprint density at radius 1 is 1.17 bits per heavy atom. The predicted molar refractivity (Wildman–Crippen MR) is 70.4 cm³/mol. The molecule has 2 aromatic carbocycles. The Hall–Kier alpha value is -2.20. The molecule has 0 aliphatic heterocycles. The second-order valence-electron chi connectivity index (χ2n) is 3.81. The van der Waals surface area contributed by atoms with Crippen LogP contribution in [0.3, 0.4) is 0 Å². The molecule has 0 unspecified atom stereocenters. The van der Waals surface area contributed by atoms with Crippen LogP contribution in [-0.4, -0.2) is 10.1 Å². The maximum absolute atomic E-state index is 9.34. The Morgan fingerprint density at radius 3 is 2.89 bits per heavy atom. The van der Waals surface area contributed by atoms with Crippen LogP contribution in [0.25, 0.3) is 11.1 Å². The number of anilines is 2. The third-order valence-corrected chi connectivity index (χ3v) is 2.68. The molecule has 1 aromatic heterocycles. The van der Waals surface area contributed by atoms with Gasteiger partial charge in [-0.3, -0.25) is 0 Å². The Labute approximate surface area is 108 Å². The molecule has 5 heteroatoms. The first kappa shape index (κ1) is 10.9. The minimum absolute atomic E-state index is 0.146. The van der Waals surface area contributed by atoms with E-state index in [4.69, 9.17) is 16.0 Å². The average Bonchev–Trinajstić information content (AvgIpc) is 2.70. The van der Waals surface area contributed by atoms with Crippen molar-refractivity contribution in [3.8, 4) is 5.75 Å². The number of hydrogen-bond donors (Lipinski definition) is 2. The van der Waals surface area contributed by atoms with E-state index in [-0.39, 0.29) is 5.75 Å². The van der Waals surface area contributed by atoms with Gasteiger partial charge in [0.05, 0.1) is 0 Å². The number of halogens is 1. The summed E-state index contributed by atoms with van der Waals surface area (Å²) in [5.74, 6) is 0.146. The number of oxazole rings is 1. The number of nitrogens with one attached hydrogen (secondary N) is 1. The molecule has 0 saturated carbocycles. The molecule has 0 aliphatic rings. The molecule has 2 N–H and O–H groups in total. The molecular formula is C13H9ClN2O2. The third-order valence-electron chi connectivity index (χ3n) is 2.45. The van der Waals surface area contributed by atoms with Crippen molar-refractivity contribution >= 4 is 34.4 Å². The lowest BCUT2D eigenvalue weighted by Gasteiger charge is -2.00. The van der Waals surface area contributed by atoms with Gasteiger partial charge in [-0.2, -0.15) is 4.98 Å². The number of rotatable bonds is 2.